The van der Waals surface area contributed by atoms with E-state index >= 15 is 0 Å². The molecule has 0 heterocycles. The molecule has 0 spiro atoms. The highest BCUT2D eigenvalue weighted by Gasteiger charge is 2.08. The normalized spacial score (nSPS) is 10.1. The third-order valence-corrected chi connectivity index (χ3v) is 3.17. The quantitative estimate of drug-likeness (QED) is 0.602. The van der Waals surface area contributed by atoms with Gasteiger partial charge in [-0.25, -0.2) is 4.39 Å². The van der Waals surface area contributed by atoms with Crippen molar-refractivity contribution in [3.63, 3.8) is 0 Å². The summed E-state index contributed by atoms with van der Waals surface area (Å²) >= 11 is 0. The Labute approximate surface area is 134 Å². The number of amides is 1. The molecule has 4 nitrogen and oxygen atoms in total. The molecule has 2 aromatic rings. The molecular formula is C18H18FNO3. The van der Waals surface area contributed by atoms with Crippen LogP contribution in [0.2, 0.25) is 0 Å². The maximum Gasteiger partial charge on any atom is 0.220 e. The second-order valence-corrected chi connectivity index (χ2v) is 4.97. The number of ketones is 1. The highest BCUT2D eigenvalue weighted by atomic mass is 19.1. The van der Waals surface area contributed by atoms with Gasteiger partial charge in [0.25, 0.3) is 0 Å². The van der Waals surface area contributed by atoms with Crippen molar-refractivity contribution in [3.05, 3.63) is 66.0 Å². The molecule has 1 amide bonds. The van der Waals surface area contributed by atoms with Crippen LogP contribution in [0.4, 0.5) is 4.39 Å². The summed E-state index contributed by atoms with van der Waals surface area (Å²) in [6, 6.07) is 14.6. The summed E-state index contributed by atoms with van der Waals surface area (Å²) in [6.07, 6.45) is 0.842. The van der Waals surface area contributed by atoms with Gasteiger partial charge in [0.1, 0.15) is 11.6 Å². The van der Waals surface area contributed by atoms with Gasteiger partial charge in [0.05, 0.1) is 13.2 Å². The fourth-order valence-corrected chi connectivity index (χ4v) is 1.94. The molecule has 2 aromatic carbocycles. The Hall–Kier alpha value is -2.69. The van der Waals surface area contributed by atoms with E-state index in [2.05, 4.69) is 5.32 Å². The number of carbonyl (C=O) groups is 2. The van der Waals surface area contributed by atoms with Gasteiger partial charge in [-0.15, -0.1) is 0 Å². The molecule has 0 aliphatic heterocycles. The highest BCUT2D eigenvalue weighted by Crippen LogP contribution is 2.08. The largest absolute Gasteiger partial charge is 0.494 e. The van der Waals surface area contributed by atoms with Crippen molar-refractivity contribution in [1.29, 1.82) is 0 Å². The Bertz CT molecular complexity index is 641. The van der Waals surface area contributed by atoms with E-state index in [0.717, 1.165) is 5.75 Å². The molecule has 2 rings (SSSR count). The zero-order valence-electron chi connectivity index (χ0n) is 12.6. The van der Waals surface area contributed by atoms with Crippen molar-refractivity contribution in [2.45, 2.75) is 12.8 Å². The lowest BCUT2D eigenvalue weighted by Gasteiger charge is -2.07. The molecule has 0 saturated carbocycles. The number of ether oxygens (including phenoxy) is 1. The van der Waals surface area contributed by atoms with Gasteiger partial charge >= 0.3 is 0 Å². The third-order valence-electron chi connectivity index (χ3n) is 3.17. The first-order valence-electron chi connectivity index (χ1n) is 7.38. The van der Waals surface area contributed by atoms with E-state index < -0.39 is 5.82 Å². The number of rotatable bonds is 8. The molecule has 0 atom stereocenters. The lowest BCUT2D eigenvalue weighted by atomic mass is 10.1. The third kappa shape index (κ3) is 5.90. The molecule has 1 N–H and O–H groups in total. The van der Waals surface area contributed by atoms with Gasteiger partial charge < -0.3 is 10.1 Å². The second kappa shape index (κ2) is 8.68. The maximum absolute atomic E-state index is 12.8. The lowest BCUT2D eigenvalue weighted by Crippen LogP contribution is -2.29. The summed E-state index contributed by atoms with van der Waals surface area (Å²) in [4.78, 5) is 23.5. The number of hydrogen-bond acceptors (Lipinski definition) is 3. The van der Waals surface area contributed by atoms with Crippen LogP contribution in [0.3, 0.4) is 0 Å². The molecular weight excluding hydrogens is 297 g/mol. The van der Waals surface area contributed by atoms with Gasteiger partial charge in [-0.1, -0.05) is 18.2 Å². The van der Waals surface area contributed by atoms with E-state index in [1.807, 2.05) is 30.3 Å². The zero-order valence-corrected chi connectivity index (χ0v) is 12.6. The number of para-hydroxylation sites is 1. The van der Waals surface area contributed by atoms with Gasteiger partial charge in [0.15, 0.2) is 5.78 Å². The zero-order chi connectivity index (χ0) is 16.5. The Balaban J connectivity index is 1.63. The Morgan fingerprint density at radius 2 is 1.70 bits per heavy atom. The van der Waals surface area contributed by atoms with Crippen LogP contribution < -0.4 is 10.1 Å². The van der Waals surface area contributed by atoms with Crippen LogP contribution >= 0.6 is 0 Å². The summed E-state index contributed by atoms with van der Waals surface area (Å²) in [6.45, 7) is 0.341. The van der Waals surface area contributed by atoms with Crippen LogP contribution in [-0.4, -0.2) is 24.8 Å². The van der Waals surface area contributed by atoms with E-state index in [4.69, 9.17) is 4.74 Å². The Kier molecular flexibility index (Phi) is 6.29. The van der Waals surface area contributed by atoms with Crippen LogP contribution in [0, 0.1) is 5.82 Å². The molecule has 0 saturated heterocycles. The summed E-state index contributed by atoms with van der Waals surface area (Å²) in [5.41, 5.74) is 0.374. The second-order valence-electron chi connectivity index (χ2n) is 4.97. The van der Waals surface area contributed by atoms with Crippen LogP contribution in [-0.2, 0) is 4.79 Å². The number of hydrogen-bond donors (Lipinski definition) is 1. The Morgan fingerprint density at radius 3 is 2.39 bits per heavy atom. The molecule has 5 heteroatoms. The summed E-state index contributed by atoms with van der Waals surface area (Å²) in [5.74, 6) is -0.0978. The molecule has 0 fully saturated rings. The minimum atomic E-state index is -0.399. The number of halogens is 1. The van der Waals surface area contributed by atoms with Crippen molar-refractivity contribution in [2.75, 3.05) is 13.2 Å². The van der Waals surface area contributed by atoms with Gasteiger partial charge in [-0.3, -0.25) is 9.59 Å². The van der Waals surface area contributed by atoms with Crippen LogP contribution in [0.25, 0.3) is 0 Å². The first-order chi connectivity index (χ1) is 11.1. The monoisotopic (exact) mass is 315 g/mol. The van der Waals surface area contributed by atoms with Crippen LogP contribution in [0.1, 0.15) is 23.2 Å². The Morgan fingerprint density at radius 1 is 1.00 bits per heavy atom. The molecule has 120 valence electrons. The van der Waals surface area contributed by atoms with Crippen LogP contribution in [0.15, 0.2) is 54.6 Å². The maximum atomic E-state index is 12.8. The topological polar surface area (TPSA) is 55.4 Å². The highest BCUT2D eigenvalue weighted by molar-refractivity contribution is 5.99. The minimum absolute atomic E-state index is 0.0932. The molecule has 0 bridgehead atoms. The number of nitrogens with one attached hydrogen (secondary N) is 1. The van der Waals surface area contributed by atoms with Gasteiger partial charge in [-0.2, -0.15) is 0 Å². The fraction of sp³-hybridized carbons (Fsp3) is 0.222. The predicted octanol–water partition coefficient (Wildman–Crippen LogP) is 2.98. The first-order valence-corrected chi connectivity index (χ1v) is 7.38. The van der Waals surface area contributed by atoms with Gasteiger partial charge in [-0.05, 0) is 42.8 Å². The first kappa shape index (κ1) is 16.7. The van der Waals surface area contributed by atoms with Crippen molar-refractivity contribution in [1.82, 2.24) is 5.32 Å². The standard InChI is InChI=1S/C18H18FNO3/c19-15-10-8-14(9-11-15)17(21)13-20-18(22)7-4-12-23-16-5-2-1-3-6-16/h1-3,5-6,8-11H,4,7,12-13H2,(H,20,22). The minimum Gasteiger partial charge on any atom is -0.494 e. The van der Waals surface area contributed by atoms with Crippen molar-refractivity contribution >= 4 is 11.7 Å². The number of carbonyl (C=O) groups excluding carboxylic acids is 2. The van der Waals surface area contributed by atoms with E-state index in [0.29, 0.717) is 18.6 Å². The average molecular weight is 315 g/mol. The summed E-state index contributed by atoms with van der Waals surface area (Å²) < 4.78 is 18.2. The average Bonchev–Trinajstić information content (AvgIpc) is 2.58. The van der Waals surface area contributed by atoms with Gasteiger partial charge in [0, 0.05) is 12.0 Å². The molecule has 0 radical (unpaired) electrons. The molecule has 0 unspecified atom stereocenters. The van der Waals surface area contributed by atoms with Gasteiger partial charge in [0.2, 0.25) is 5.91 Å². The SMILES string of the molecule is O=C(CCCOc1ccccc1)NCC(=O)c1ccc(F)cc1. The lowest BCUT2D eigenvalue weighted by molar-refractivity contribution is -0.121. The van der Waals surface area contributed by atoms with Crippen molar-refractivity contribution < 1.29 is 18.7 Å². The summed E-state index contributed by atoms with van der Waals surface area (Å²) in [5, 5.41) is 2.56. The smallest absolute Gasteiger partial charge is 0.220 e. The molecule has 0 aromatic heterocycles. The number of benzene rings is 2. The van der Waals surface area contributed by atoms with E-state index in [1.165, 1.54) is 24.3 Å². The molecule has 0 aliphatic rings. The summed E-state index contributed by atoms with van der Waals surface area (Å²) in [7, 11) is 0. The molecule has 0 aliphatic carbocycles. The van der Waals surface area contributed by atoms with Crippen molar-refractivity contribution in [2.24, 2.45) is 0 Å². The predicted molar refractivity (Wildman–Crippen MR) is 84.9 cm³/mol. The van der Waals surface area contributed by atoms with Crippen LogP contribution in [0.5, 0.6) is 5.75 Å². The van der Waals surface area contributed by atoms with E-state index in [9.17, 15) is 14.0 Å². The van der Waals surface area contributed by atoms with E-state index in [1.54, 1.807) is 0 Å². The van der Waals surface area contributed by atoms with E-state index in [-0.39, 0.29) is 24.7 Å². The molecule has 23 heavy (non-hydrogen) atoms. The van der Waals surface area contributed by atoms with Crippen molar-refractivity contribution in [3.8, 4) is 5.75 Å². The number of Topliss-reactive ketones (excluding diaryl/α,β-unsaturated/α-hetero) is 1. The fourth-order valence-electron chi connectivity index (χ4n) is 1.94.